The fourth-order valence-electron chi connectivity index (χ4n) is 4.05. The Morgan fingerprint density at radius 3 is 2.40 bits per heavy atom. The maximum Gasteiger partial charge on any atom is 0.317 e. The summed E-state index contributed by atoms with van der Waals surface area (Å²) in [7, 11) is 0. The van der Waals surface area contributed by atoms with Crippen molar-refractivity contribution >= 4 is 6.03 Å². The van der Waals surface area contributed by atoms with Gasteiger partial charge in [-0.25, -0.2) is 4.79 Å². The van der Waals surface area contributed by atoms with Crippen molar-refractivity contribution in [1.29, 1.82) is 0 Å². The van der Waals surface area contributed by atoms with Gasteiger partial charge in [-0.15, -0.1) is 0 Å². The van der Waals surface area contributed by atoms with Gasteiger partial charge in [-0.1, -0.05) is 12.8 Å². The van der Waals surface area contributed by atoms with Crippen molar-refractivity contribution in [3.8, 4) is 0 Å². The molecule has 3 aliphatic rings. The Kier molecular flexibility index (Phi) is 4.49. The summed E-state index contributed by atoms with van der Waals surface area (Å²) in [5.41, 5.74) is 0. The molecule has 0 radical (unpaired) electrons. The van der Waals surface area contributed by atoms with Crippen LogP contribution < -0.4 is 5.32 Å². The number of likely N-dealkylation sites (tertiary alicyclic amines) is 1. The van der Waals surface area contributed by atoms with Gasteiger partial charge in [0.15, 0.2) is 0 Å². The van der Waals surface area contributed by atoms with Crippen molar-refractivity contribution in [2.45, 2.75) is 82.4 Å². The minimum atomic E-state index is -0.203. The van der Waals surface area contributed by atoms with E-state index in [1.165, 1.54) is 19.3 Å². The van der Waals surface area contributed by atoms with E-state index in [0.717, 1.165) is 51.5 Å². The van der Waals surface area contributed by atoms with Crippen LogP contribution in [-0.4, -0.2) is 40.8 Å². The molecule has 1 saturated heterocycles. The number of aliphatic hydroxyl groups is 1. The van der Waals surface area contributed by atoms with E-state index in [1.54, 1.807) is 0 Å². The van der Waals surface area contributed by atoms with Crippen molar-refractivity contribution in [2.24, 2.45) is 5.92 Å². The molecule has 1 heterocycles. The molecule has 0 spiro atoms. The van der Waals surface area contributed by atoms with Crippen LogP contribution in [0.2, 0.25) is 0 Å². The van der Waals surface area contributed by atoms with Crippen LogP contribution in [-0.2, 0) is 0 Å². The smallest absolute Gasteiger partial charge is 0.317 e. The highest BCUT2D eigenvalue weighted by molar-refractivity contribution is 5.75. The SMILES string of the molecule is O=C(NC1CCC1)N1CCCCC1C1CCCCC1O. The molecule has 2 N–H and O–H groups in total. The first kappa shape index (κ1) is 14.2. The quantitative estimate of drug-likeness (QED) is 0.817. The molecule has 1 aliphatic heterocycles. The Morgan fingerprint density at radius 1 is 0.950 bits per heavy atom. The number of nitrogens with zero attached hydrogens (tertiary/aromatic N) is 1. The maximum atomic E-state index is 12.5. The lowest BCUT2D eigenvalue weighted by Crippen LogP contribution is -2.56. The number of hydrogen-bond acceptors (Lipinski definition) is 2. The highest BCUT2D eigenvalue weighted by Crippen LogP contribution is 2.34. The first-order chi connectivity index (χ1) is 9.75. The molecular formula is C16H28N2O2. The fraction of sp³-hybridized carbons (Fsp3) is 0.938. The van der Waals surface area contributed by atoms with E-state index in [4.69, 9.17) is 0 Å². The molecule has 2 amide bonds. The summed E-state index contributed by atoms with van der Waals surface area (Å²) < 4.78 is 0. The topological polar surface area (TPSA) is 52.6 Å². The lowest BCUT2D eigenvalue weighted by Gasteiger charge is -2.44. The van der Waals surface area contributed by atoms with E-state index in [2.05, 4.69) is 5.32 Å². The van der Waals surface area contributed by atoms with Crippen LogP contribution in [0.5, 0.6) is 0 Å². The number of urea groups is 1. The number of carbonyl (C=O) groups excluding carboxylic acids is 1. The second-order valence-corrected chi connectivity index (χ2v) is 6.85. The summed E-state index contributed by atoms with van der Waals surface area (Å²) in [5, 5.41) is 13.5. The maximum absolute atomic E-state index is 12.5. The molecule has 3 atom stereocenters. The molecular weight excluding hydrogens is 252 g/mol. The summed E-state index contributed by atoms with van der Waals surface area (Å²) in [6.45, 7) is 0.867. The Bertz CT molecular complexity index is 343. The number of carbonyl (C=O) groups is 1. The summed E-state index contributed by atoms with van der Waals surface area (Å²) in [6, 6.07) is 0.789. The average Bonchev–Trinajstić information content (AvgIpc) is 2.43. The third-order valence-electron chi connectivity index (χ3n) is 5.52. The van der Waals surface area contributed by atoms with Gasteiger partial charge in [0.1, 0.15) is 0 Å². The standard InChI is InChI=1S/C16H28N2O2/c19-15-10-2-1-8-13(15)14-9-3-4-11-18(14)16(20)17-12-6-5-7-12/h12-15,19H,1-11H2,(H,17,20). The molecule has 3 unspecified atom stereocenters. The Balaban J connectivity index is 1.64. The molecule has 0 bridgehead atoms. The third kappa shape index (κ3) is 2.95. The lowest BCUT2D eigenvalue weighted by molar-refractivity contribution is 0.00764. The number of hydrogen-bond donors (Lipinski definition) is 2. The van der Waals surface area contributed by atoms with Gasteiger partial charge in [0, 0.05) is 24.5 Å². The summed E-state index contributed by atoms with van der Waals surface area (Å²) in [4.78, 5) is 14.5. The first-order valence-corrected chi connectivity index (χ1v) is 8.51. The minimum absolute atomic E-state index is 0.122. The van der Waals surface area contributed by atoms with Crippen molar-refractivity contribution in [3.63, 3.8) is 0 Å². The van der Waals surface area contributed by atoms with Crippen LogP contribution in [0, 0.1) is 5.92 Å². The molecule has 3 fully saturated rings. The molecule has 2 aliphatic carbocycles. The zero-order valence-corrected chi connectivity index (χ0v) is 12.4. The van der Waals surface area contributed by atoms with E-state index in [1.807, 2.05) is 4.90 Å². The number of amides is 2. The molecule has 4 heteroatoms. The molecule has 2 saturated carbocycles. The fourth-order valence-corrected chi connectivity index (χ4v) is 4.05. The van der Waals surface area contributed by atoms with Crippen LogP contribution in [0.4, 0.5) is 4.79 Å². The number of aliphatic hydroxyl groups excluding tert-OH is 1. The molecule has 0 aromatic heterocycles. The molecule has 0 aromatic rings. The predicted octanol–water partition coefficient (Wildman–Crippen LogP) is 2.65. The van der Waals surface area contributed by atoms with Crippen molar-refractivity contribution < 1.29 is 9.90 Å². The van der Waals surface area contributed by atoms with Crippen LogP contribution >= 0.6 is 0 Å². The molecule has 3 rings (SSSR count). The molecule has 114 valence electrons. The Morgan fingerprint density at radius 2 is 1.70 bits per heavy atom. The summed E-state index contributed by atoms with van der Waals surface area (Å²) in [6.07, 6.45) is 11.0. The second-order valence-electron chi connectivity index (χ2n) is 6.85. The van der Waals surface area contributed by atoms with Gasteiger partial charge in [-0.2, -0.15) is 0 Å². The van der Waals surface area contributed by atoms with E-state index in [0.29, 0.717) is 12.0 Å². The first-order valence-electron chi connectivity index (χ1n) is 8.51. The normalized spacial score (nSPS) is 35.5. The Hall–Kier alpha value is -0.770. The highest BCUT2D eigenvalue weighted by atomic mass is 16.3. The second kappa shape index (κ2) is 6.33. The monoisotopic (exact) mass is 280 g/mol. The average molecular weight is 280 g/mol. The van der Waals surface area contributed by atoms with E-state index in [9.17, 15) is 9.90 Å². The van der Waals surface area contributed by atoms with Gasteiger partial charge in [0.25, 0.3) is 0 Å². The third-order valence-corrected chi connectivity index (χ3v) is 5.52. The van der Waals surface area contributed by atoms with Gasteiger partial charge in [0.05, 0.1) is 6.10 Å². The number of piperidine rings is 1. The zero-order chi connectivity index (χ0) is 13.9. The van der Waals surface area contributed by atoms with Gasteiger partial charge in [-0.3, -0.25) is 0 Å². The zero-order valence-electron chi connectivity index (χ0n) is 12.4. The molecule has 4 nitrogen and oxygen atoms in total. The van der Waals surface area contributed by atoms with Crippen LogP contribution in [0.15, 0.2) is 0 Å². The van der Waals surface area contributed by atoms with Gasteiger partial charge >= 0.3 is 6.03 Å². The number of rotatable bonds is 2. The minimum Gasteiger partial charge on any atom is -0.393 e. The van der Waals surface area contributed by atoms with Gasteiger partial charge in [0.2, 0.25) is 0 Å². The van der Waals surface area contributed by atoms with E-state index in [-0.39, 0.29) is 18.2 Å². The van der Waals surface area contributed by atoms with Crippen molar-refractivity contribution in [2.75, 3.05) is 6.54 Å². The summed E-state index contributed by atoms with van der Waals surface area (Å²) in [5.74, 6) is 0.302. The highest BCUT2D eigenvalue weighted by Gasteiger charge is 2.38. The van der Waals surface area contributed by atoms with Crippen LogP contribution in [0.1, 0.15) is 64.2 Å². The van der Waals surface area contributed by atoms with Gasteiger partial charge < -0.3 is 15.3 Å². The van der Waals surface area contributed by atoms with Crippen LogP contribution in [0.3, 0.4) is 0 Å². The lowest BCUT2D eigenvalue weighted by atomic mass is 9.78. The molecule has 20 heavy (non-hydrogen) atoms. The van der Waals surface area contributed by atoms with E-state index >= 15 is 0 Å². The van der Waals surface area contributed by atoms with Crippen LogP contribution in [0.25, 0.3) is 0 Å². The van der Waals surface area contributed by atoms with Crippen molar-refractivity contribution in [1.82, 2.24) is 10.2 Å². The van der Waals surface area contributed by atoms with Gasteiger partial charge in [-0.05, 0) is 51.4 Å². The predicted molar refractivity (Wildman–Crippen MR) is 78.5 cm³/mol. The van der Waals surface area contributed by atoms with E-state index < -0.39 is 0 Å². The number of nitrogens with one attached hydrogen (secondary N) is 1. The Labute approximate surface area is 121 Å². The summed E-state index contributed by atoms with van der Waals surface area (Å²) >= 11 is 0. The van der Waals surface area contributed by atoms with Crippen molar-refractivity contribution in [3.05, 3.63) is 0 Å². The molecule has 0 aromatic carbocycles. The largest absolute Gasteiger partial charge is 0.393 e.